The Hall–Kier alpha value is -2.40. The number of anilines is 3. The number of carbonyl (C=O) groups excluding carboxylic acids is 1. The van der Waals surface area contributed by atoms with Crippen LogP contribution < -0.4 is 15.1 Å². The monoisotopic (exact) mass is 371 g/mol. The van der Waals surface area contributed by atoms with E-state index in [9.17, 15) is 4.79 Å². The molecule has 0 bridgehead atoms. The molecule has 2 aromatic rings. The van der Waals surface area contributed by atoms with Gasteiger partial charge in [0.1, 0.15) is 0 Å². The van der Waals surface area contributed by atoms with E-state index in [1.54, 1.807) is 0 Å². The van der Waals surface area contributed by atoms with Crippen LogP contribution in [0.3, 0.4) is 0 Å². The number of ether oxygens (including phenoxy) is 1. The van der Waals surface area contributed by atoms with Gasteiger partial charge < -0.3 is 19.9 Å². The van der Waals surface area contributed by atoms with Crippen LogP contribution >= 0.6 is 11.6 Å². The predicted molar refractivity (Wildman–Crippen MR) is 105 cm³/mol. The highest BCUT2D eigenvalue weighted by Gasteiger charge is 2.39. The van der Waals surface area contributed by atoms with E-state index < -0.39 is 6.09 Å². The molecule has 0 radical (unpaired) electrons. The molecule has 1 amide bonds. The van der Waals surface area contributed by atoms with Crippen molar-refractivity contribution in [3.8, 4) is 0 Å². The normalized spacial score (nSPS) is 21.2. The largest absolute Gasteiger partial charge is 0.453 e. The molecule has 4 rings (SSSR count). The molecule has 0 saturated carbocycles. The summed E-state index contributed by atoms with van der Waals surface area (Å²) < 4.78 is 4.86. The molecule has 0 unspecified atom stereocenters. The summed E-state index contributed by atoms with van der Waals surface area (Å²) in [6, 6.07) is 14.4. The van der Waals surface area contributed by atoms with Gasteiger partial charge >= 0.3 is 6.09 Å². The van der Waals surface area contributed by atoms with Gasteiger partial charge in [0.05, 0.1) is 30.6 Å². The Balaban J connectivity index is 1.89. The third-order valence-electron chi connectivity index (χ3n) is 5.34. The van der Waals surface area contributed by atoms with Crippen LogP contribution in [0.25, 0.3) is 0 Å². The van der Waals surface area contributed by atoms with Crippen molar-refractivity contribution in [1.29, 1.82) is 0 Å². The average molecular weight is 372 g/mol. The number of para-hydroxylation sites is 1. The third kappa shape index (κ3) is 2.76. The Bertz CT molecular complexity index is 842. The van der Waals surface area contributed by atoms with E-state index >= 15 is 0 Å². The number of carbonyl (C=O) groups is 1. The fourth-order valence-corrected chi connectivity index (χ4v) is 4.36. The molecule has 136 valence electrons. The molecule has 2 aliphatic rings. The lowest BCUT2D eigenvalue weighted by molar-refractivity contribution is 0.161. The minimum atomic E-state index is -0.391. The Kier molecular flexibility index (Phi) is 4.41. The van der Waals surface area contributed by atoms with Gasteiger partial charge in [0.2, 0.25) is 0 Å². The number of hydrogen-bond donors (Lipinski definition) is 1. The maximum Gasteiger partial charge on any atom is 0.407 e. The Labute approximate surface area is 158 Å². The molecule has 6 heteroatoms. The number of methoxy groups -OCH3 is 1. The Morgan fingerprint density at radius 2 is 2.00 bits per heavy atom. The number of hydrogen-bond acceptors (Lipinski definition) is 4. The highest BCUT2D eigenvalue weighted by Crippen LogP contribution is 2.48. The number of rotatable bonds is 1. The van der Waals surface area contributed by atoms with Gasteiger partial charge in [-0.2, -0.15) is 0 Å². The SMILES string of the molecule is COC(=O)N[C@@H]1CCCN2c3cc(Cl)ccc3N(C)c3ccccc3[C@H]12. The second-order valence-corrected chi connectivity index (χ2v) is 7.21. The molecule has 0 aromatic heterocycles. The maximum atomic E-state index is 11.9. The van der Waals surface area contributed by atoms with Gasteiger partial charge in [-0.05, 0) is 37.1 Å². The molecule has 0 spiro atoms. The van der Waals surface area contributed by atoms with Gasteiger partial charge in [-0.1, -0.05) is 29.8 Å². The van der Waals surface area contributed by atoms with E-state index in [-0.39, 0.29) is 12.1 Å². The molecule has 2 heterocycles. The van der Waals surface area contributed by atoms with Gasteiger partial charge in [0, 0.05) is 29.9 Å². The van der Waals surface area contributed by atoms with E-state index in [4.69, 9.17) is 16.3 Å². The summed E-state index contributed by atoms with van der Waals surface area (Å²) in [6.45, 7) is 0.916. The smallest absolute Gasteiger partial charge is 0.407 e. The molecule has 2 aliphatic heterocycles. The number of fused-ring (bicyclic) bond motifs is 5. The minimum absolute atomic E-state index is 0.0289. The molecule has 1 saturated heterocycles. The van der Waals surface area contributed by atoms with Crippen LogP contribution in [-0.2, 0) is 4.74 Å². The summed E-state index contributed by atoms with van der Waals surface area (Å²) >= 11 is 6.33. The van der Waals surface area contributed by atoms with Crippen molar-refractivity contribution in [2.45, 2.75) is 24.9 Å². The molecular weight excluding hydrogens is 350 g/mol. The van der Waals surface area contributed by atoms with Gasteiger partial charge in [0.15, 0.2) is 0 Å². The van der Waals surface area contributed by atoms with Crippen LogP contribution in [0, 0.1) is 0 Å². The zero-order chi connectivity index (χ0) is 18.3. The second kappa shape index (κ2) is 6.72. The molecule has 2 atom stereocenters. The quantitative estimate of drug-likeness (QED) is 0.802. The van der Waals surface area contributed by atoms with Crippen molar-refractivity contribution >= 4 is 34.8 Å². The van der Waals surface area contributed by atoms with Crippen LogP contribution in [0.15, 0.2) is 42.5 Å². The standard InChI is InChI=1S/C20H22ClN3O2/c1-23-16-8-4-3-6-14(16)19-15(22-20(25)26-2)7-5-11-24(19)18-12-13(21)9-10-17(18)23/h3-4,6,8-10,12,15,19H,5,7,11H2,1-2H3,(H,22,25)/t15-,19-/m1/s1. The van der Waals surface area contributed by atoms with Crippen LogP contribution in [0.2, 0.25) is 5.02 Å². The number of alkyl carbamates (subject to hydrolysis) is 1. The van der Waals surface area contributed by atoms with Crippen LogP contribution in [0.5, 0.6) is 0 Å². The van der Waals surface area contributed by atoms with Gasteiger partial charge in [-0.25, -0.2) is 4.79 Å². The van der Waals surface area contributed by atoms with Gasteiger partial charge in [0.25, 0.3) is 0 Å². The van der Waals surface area contributed by atoms with Crippen molar-refractivity contribution in [3.63, 3.8) is 0 Å². The Morgan fingerprint density at radius 1 is 1.19 bits per heavy atom. The molecule has 1 N–H and O–H groups in total. The first-order valence-corrected chi connectivity index (χ1v) is 9.21. The first kappa shape index (κ1) is 17.0. The number of halogens is 1. The average Bonchev–Trinajstić information content (AvgIpc) is 2.76. The van der Waals surface area contributed by atoms with E-state index in [1.807, 2.05) is 18.2 Å². The van der Waals surface area contributed by atoms with Crippen molar-refractivity contribution in [3.05, 3.63) is 53.1 Å². The highest BCUT2D eigenvalue weighted by atomic mass is 35.5. The van der Waals surface area contributed by atoms with E-state index in [0.29, 0.717) is 5.02 Å². The molecule has 26 heavy (non-hydrogen) atoms. The lowest BCUT2D eigenvalue weighted by Gasteiger charge is -2.42. The number of benzene rings is 2. The zero-order valence-corrected chi connectivity index (χ0v) is 15.7. The number of piperidine rings is 1. The second-order valence-electron chi connectivity index (χ2n) is 6.77. The topological polar surface area (TPSA) is 44.8 Å². The third-order valence-corrected chi connectivity index (χ3v) is 5.58. The molecule has 0 aliphatic carbocycles. The van der Waals surface area contributed by atoms with Crippen molar-refractivity contribution in [2.24, 2.45) is 0 Å². The van der Waals surface area contributed by atoms with E-state index in [1.165, 1.54) is 12.7 Å². The van der Waals surface area contributed by atoms with Crippen molar-refractivity contribution in [2.75, 3.05) is 30.5 Å². The molecule has 5 nitrogen and oxygen atoms in total. The molecule has 2 aromatic carbocycles. The first-order valence-electron chi connectivity index (χ1n) is 8.83. The maximum absolute atomic E-state index is 11.9. The first-order chi connectivity index (χ1) is 12.6. The summed E-state index contributed by atoms with van der Waals surface area (Å²) in [5, 5.41) is 3.76. The van der Waals surface area contributed by atoms with Gasteiger partial charge in [-0.3, -0.25) is 0 Å². The summed E-state index contributed by atoms with van der Waals surface area (Å²) in [6.07, 6.45) is 1.51. The summed E-state index contributed by atoms with van der Waals surface area (Å²) in [4.78, 5) is 16.5. The lowest BCUT2D eigenvalue weighted by atomic mass is 9.89. The van der Waals surface area contributed by atoms with Crippen LogP contribution in [-0.4, -0.2) is 32.8 Å². The van der Waals surface area contributed by atoms with E-state index in [2.05, 4.69) is 46.4 Å². The summed E-state index contributed by atoms with van der Waals surface area (Å²) in [7, 11) is 3.48. The van der Waals surface area contributed by atoms with Gasteiger partial charge in [-0.15, -0.1) is 0 Å². The minimum Gasteiger partial charge on any atom is -0.453 e. The lowest BCUT2D eigenvalue weighted by Crippen LogP contribution is -2.50. The van der Waals surface area contributed by atoms with Crippen LogP contribution in [0.4, 0.5) is 21.9 Å². The van der Waals surface area contributed by atoms with E-state index in [0.717, 1.165) is 36.4 Å². The predicted octanol–water partition coefficient (Wildman–Crippen LogP) is 4.49. The van der Waals surface area contributed by atoms with Crippen LogP contribution in [0.1, 0.15) is 24.4 Å². The molecular formula is C20H22ClN3O2. The zero-order valence-electron chi connectivity index (χ0n) is 14.9. The Morgan fingerprint density at radius 3 is 2.81 bits per heavy atom. The number of nitrogens with one attached hydrogen (secondary N) is 1. The molecule has 1 fully saturated rings. The summed E-state index contributed by atoms with van der Waals surface area (Å²) in [5.74, 6) is 0. The summed E-state index contributed by atoms with van der Waals surface area (Å²) in [5.41, 5.74) is 4.55. The van der Waals surface area contributed by atoms with Crippen molar-refractivity contribution in [1.82, 2.24) is 5.32 Å². The highest BCUT2D eigenvalue weighted by molar-refractivity contribution is 6.31. The fourth-order valence-electron chi connectivity index (χ4n) is 4.20. The number of nitrogens with zero attached hydrogens (tertiary/aromatic N) is 2. The van der Waals surface area contributed by atoms with Crippen molar-refractivity contribution < 1.29 is 9.53 Å². The number of amides is 1. The fraction of sp³-hybridized carbons (Fsp3) is 0.350.